The molecule has 84 valence electrons. The van der Waals surface area contributed by atoms with Gasteiger partial charge in [-0.1, -0.05) is 13.8 Å². The van der Waals surface area contributed by atoms with Crippen molar-refractivity contribution in [3.8, 4) is 12.3 Å². The van der Waals surface area contributed by atoms with E-state index in [-0.39, 0.29) is 10.1 Å². The summed E-state index contributed by atoms with van der Waals surface area (Å²) in [6.45, 7) is 4.27. The fourth-order valence-electron chi connectivity index (χ4n) is 1.68. The van der Waals surface area contributed by atoms with Crippen molar-refractivity contribution >= 4 is 26.6 Å². The summed E-state index contributed by atoms with van der Waals surface area (Å²) in [4.78, 5) is 10.7. The summed E-state index contributed by atoms with van der Waals surface area (Å²) in [6, 6.07) is 0. The SMILES string of the molecule is C#CC(C)C(C)CC[C@@H]1C[C@H]1OC(=O)I. The molecule has 0 N–H and O–H groups in total. The standard InChI is InChI=1S/C12H17IO2/c1-4-8(2)9(3)5-6-10-7-11(10)15-12(13)14/h1,8-11H,5-7H2,2-3H3/t8?,9?,10-,11-/m1/s1. The number of rotatable bonds is 5. The molecular weight excluding hydrogens is 303 g/mol. The minimum absolute atomic E-state index is 0.183. The van der Waals surface area contributed by atoms with Gasteiger partial charge in [0.1, 0.15) is 6.10 Å². The van der Waals surface area contributed by atoms with Crippen LogP contribution < -0.4 is 0 Å². The van der Waals surface area contributed by atoms with Crippen molar-refractivity contribution in [3.05, 3.63) is 0 Å². The van der Waals surface area contributed by atoms with Gasteiger partial charge < -0.3 is 4.74 Å². The molecule has 4 atom stereocenters. The number of hydrogen-bond acceptors (Lipinski definition) is 2. The van der Waals surface area contributed by atoms with Crippen molar-refractivity contribution < 1.29 is 9.53 Å². The molecule has 1 aliphatic carbocycles. The van der Waals surface area contributed by atoms with E-state index in [1.165, 1.54) is 0 Å². The predicted octanol–water partition coefficient (Wildman–Crippen LogP) is 3.63. The summed E-state index contributed by atoms with van der Waals surface area (Å²) < 4.78 is 4.91. The summed E-state index contributed by atoms with van der Waals surface area (Å²) in [5.74, 6) is 4.25. The molecular formula is C12H17IO2. The Morgan fingerprint density at radius 3 is 2.87 bits per heavy atom. The summed E-state index contributed by atoms with van der Waals surface area (Å²) >= 11 is 1.68. The summed E-state index contributed by atoms with van der Waals surface area (Å²) in [5.41, 5.74) is 0. The maximum atomic E-state index is 10.7. The molecule has 1 fully saturated rings. The van der Waals surface area contributed by atoms with Crippen LogP contribution in [-0.2, 0) is 4.74 Å². The Bertz CT molecular complexity index is 269. The Hall–Kier alpha value is -0.240. The van der Waals surface area contributed by atoms with E-state index in [1.807, 2.05) is 0 Å². The van der Waals surface area contributed by atoms with Crippen molar-refractivity contribution in [2.45, 2.75) is 39.2 Å². The lowest BCUT2D eigenvalue weighted by atomic mass is 9.91. The first-order valence-corrected chi connectivity index (χ1v) is 6.44. The van der Waals surface area contributed by atoms with Gasteiger partial charge in [-0.3, -0.25) is 0 Å². The fourth-order valence-corrected chi connectivity index (χ4v) is 2.00. The highest BCUT2D eigenvalue weighted by Crippen LogP contribution is 2.39. The number of ether oxygens (including phenoxy) is 1. The van der Waals surface area contributed by atoms with Crippen molar-refractivity contribution in [1.29, 1.82) is 0 Å². The third-order valence-corrected chi connectivity index (χ3v) is 3.47. The van der Waals surface area contributed by atoms with Gasteiger partial charge >= 0.3 is 3.98 Å². The monoisotopic (exact) mass is 320 g/mol. The van der Waals surface area contributed by atoms with E-state index in [9.17, 15) is 4.79 Å². The molecule has 1 saturated carbocycles. The maximum absolute atomic E-state index is 10.7. The van der Waals surface area contributed by atoms with Crippen LogP contribution in [0.3, 0.4) is 0 Å². The average Bonchev–Trinajstić information content (AvgIpc) is 2.90. The predicted molar refractivity (Wildman–Crippen MR) is 68.8 cm³/mol. The van der Waals surface area contributed by atoms with Crippen LogP contribution in [0, 0.1) is 30.1 Å². The highest BCUT2D eigenvalue weighted by molar-refractivity contribution is 14.1. The number of carbonyl (C=O) groups excluding carboxylic acids is 1. The van der Waals surface area contributed by atoms with E-state index in [4.69, 9.17) is 11.2 Å². The quantitative estimate of drug-likeness (QED) is 0.439. The minimum atomic E-state index is -0.190. The highest BCUT2D eigenvalue weighted by Gasteiger charge is 2.40. The first-order chi connectivity index (χ1) is 7.04. The van der Waals surface area contributed by atoms with Gasteiger partial charge in [0.15, 0.2) is 0 Å². The second kappa shape index (κ2) is 5.74. The first-order valence-electron chi connectivity index (χ1n) is 5.36. The van der Waals surface area contributed by atoms with Crippen molar-refractivity contribution in [3.63, 3.8) is 0 Å². The molecule has 0 spiro atoms. The summed E-state index contributed by atoms with van der Waals surface area (Å²) in [5, 5.41) is 0. The lowest BCUT2D eigenvalue weighted by Crippen LogP contribution is -2.06. The molecule has 1 rings (SSSR count). The Morgan fingerprint density at radius 1 is 1.67 bits per heavy atom. The zero-order chi connectivity index (χ0) is 11.4. The molecule has 2 nitrogen and oxygen atoms in total. The van der Waals surface area contributed by atoms with Gasteiger partial charge in [0, 0.05) is 5.92 Å². The number of halogens is 1. The zero-order valence-electron chi connectivity index (χ0n) is 9.20. The molecule has 3 heteroatoms. The van der Waals surface area contributed by atoms with Crippen LogP contribution in [0.25, 0.3) is 0 Å². The largest absolute Gasteiger partial charge is 0.455 e. The second-order valence-electron chi connectivity index (χ2n) is 4.40. The van der Waals surface area contributed by atoms with Crippen LogP contribution in [0.5, 0.6) is 0 Å². The third kappa shape index (κ3) is 4.42. The molecule has 0 amide bonds. The van der Waals surface area contributed by atoms with Gasteiger partial charge in [0.25, 0.3) is 0 Å². The van der Waals surface area contributed by atoms with Crippen LogP contribution in [0.2, 0.25) is 0 Å². The molecule has 0 radical (unpaired) electrons. The molecule has 0 bridgehead atoms. The Balaban J connectivity index is 2.13. The molecule has 0 aromatic carbocycles. The van der Waals surface area contributed by atoms with E-state index in [2.05, 4.69) is 19.8 Å². The maximum Gasteiger partial charge on any atom is 0.367 e. The average molecular weight is 320 g/mol. The summed E-state index contributed by atoms with van der Waals surface area (Å²) in [7, 11) is 0. The lowest BCUT2D eigenvalue weighted by Gasteiger charge is -2.13. The van der Waals surface area contributed by atoms with E-state index < -0.39 is 0 Å². The smallest absolute Gasteiger partial charge is 0.367 e. The number of hydrogen-bond donors (Lipinski definition) is 0. The van der Waals surface area contributed by atoms with Gasteiger partial charge in [-0.25, -0.2) is 4.79 Å². The van der Waals surface area contributed by atoms with Gasteiger partial charge in [0.2, 0.25) is 0 Å². The molecule has 0 aromatic heterocycles. The normalized spacial score (nSPS) is 27.6. The van der Waals surface area contributed by atoms with Gasteiger partial charge in [-0.15, -0.1) is 12.3 Å². The fraction of sp³-hybridized carbons (Fsp3) is 0.750. The van der Waals surface area contributed by atoms with Crippen molar-refractivity contribution in [2.75, 3.05) is 0 Å². The highest BCUT2D eigenvalue weighted by atomic mass is 127. The summed E-state index contributed by atoms with van der Waals surface area (Å²) in [6.07, 6.45) is 8.84. The van der Waals surface area contributed by atoms with E-state index in [1.54, 1.807) is 22.6 Å². The molecule has 1 aliphatic rings. The zero-order valence-corrected chi connectivity index (χ0v) is 11.4. The lowest BCUT2D eigenvalue weighted by molar-refractivity contribution is 0.164. The Labute approximate surface area is 105 Å². The Kier molecular flexibility index (Phi) is 4.91. The van der Waals surface area contributed by atoms with Crippen LogP contribution in [0.1, 0.15) is 33.1 Å². The van der Waals surface area contributed by atoms with Crippen molar-refractivity contribution in [1.82, 2.24) is 0 Å². The van der Waals surface area contributed by atoms with Crippen LogP contribution in [-0.4, -0.2) is 10.1 Å². The van der Waals surface area contributed by atoms with Gasteiger partial charge in [-0.2, -0.15) is 0 Å². The van der Waals surface area contributed by atoms with Gasteiger partial charge in [0.05, 0.1) is 22.6 Å². The molecule has 2 unspecified atom stereocenters. The molecule has 15 heavy (non-hydrogen) atoms. The van der Waals surface area contributed by atoms with Crippen LogP contribution in [0.15, 0.2) is 0 Å². The van der Waals surface area contributed by atoms with Crippen LogP contribution in [0.4, 0.5) is 4.79 Å². The van der Waals surface area contributed by atoms with Gasteiger partial charge in [-0.05, 0) is 31.1 Å². The molecule has 0 heterocycles. The van der Waals surface area contributed by atoms with Crippen LogP contribution >= 0.6 is 22.6 Å². The van der Waals surface area contributed by atoms with E-state index >= 15 is 0 Å². The molecule has 0 saturated heterocycles. The second-order valence-corrected chi connectivity index (χ2v) is 5.28. The minimum Gasteiger partial charge on any atom is -0.455 e. The topological polar surface area (TPSA) is 26.3 Å². The molecule has 0 aromatic rings. The number of terminal acetylenes is 1. The van der Waals surface area contributed by atoms with E-state index in [0.717, 1.165) is 19.3 Å². The first kappa shape index (κ1) is 12.8. The van der Waals surface area contributed by atoms with E-state index in [0.29, 0.717) is 17.8 Å². The molecule has 0 aliphatic heterocycles. The number of carbonyl (C=O) groups is 1. The van der Waals surface area contributed by atoms with Crippen molar-refractivity contribution in [2.24, 2.45) is 17.8 Å². The third-order valence-electron chi connectivity index (χ3n) is 3.21. The Morgan fingerprint density at radius 2 is 2.33 bits per heavy atom.